The summed E-state index contributed by atoms with van der Waals surface area (Å²) >= 11 is 0. The zero-order chi connectivity index (χ0) is 30.9. The van der Waals surface area contributed by atoms with E-state index in [1.54, 1.807) is 5.82 Å². The molecular formula is C41H81N2+. The Morgan fingerprint density at radius 2 is 0.721 bits per heavy atom. The van der Waals surface area contributed by atoms with Crippen molar-refractivity contribution in [1.29, 1.82) is 0 Å². The molecule has 0 N–H and O–H groups in total. The van der Waals surface area contributed by atoms with Crippen molar-refractivity contribution in [3.05, 3.63) is 18.2 Å². The van der Waals surface area contributed by atoms with E-state index in [4.69, 9.17) is 0 Å². The molecule has 0 fully saturated rings. The van der Waals surface area contributed by atoms with Gasteiger partial charge in [-0.1, -0.05) is 194 Å². The lowest BCUT2D eigenvalue weighted by atomic mass is 10.1. The average Bonchev–Trinajstić information content (AvgIpc) is 3.40. The van der Waals surface area contributed by atoms with Gasteiger partial charge in [0, 0.05) is 6.42 Å². The van der Waals surface area contributed by atoms with Gasteiger partial charge in [-0.05, 0) is 32.1 Å². The van der Waals surface area contributed by atoms with Crippen LogP contribution in [-0.4, -0.2) is 4.57 Å². The molecule has 0 unspecified atom stereocenters. The Balaban J connectivity index is 2.30. The molecule has 1 rings (SSSR count). The van der Waals surface area contributed by atoms with Crippen LogP contribution >= 0.6 is 0 Å². The standard InChI is InChI=1S/C41H81N2/c1-4-7-10-13-16-19-22-23-26-29-32-35-38-43-40-39-42(37-34-31-28-25-21-18-15-12-9-6-3)41(43)36-33-30-27-24-20-17-14-11-8-5-2/h39-40H,4-38H2,1-3H3/q+1. The quantitative estimate of drug-likeness (QED) is 0.0540. The molecule has 2 nitrogen and oxygen atoms in total. The van der Waals surface area contributed by atoms with E-state index < -0.39 is 0 Å². The van der Waals surface area contributed by atoms with Crippen molar-refractivity contribution in [2.75, 3.05) is 0 Å². The van der Waals surface area contributed by atoms with E-state index >= 15 is 0 Å². The summed E-state index contributed by atoms with van der Waals surface area (Å²) in [5.74, 6) is 1.62. The van der Waals surface area contributed by atoms with E-state index in [-0.39, 0.29) is 0 Å². The molecule has 0 aliphatic rings. The molecule has 0 bridgehead atoms. The number of nitrogens with zero attached hydrogens (tertiary/aromatic N) is 2. The van der Waals surface area contributed by atoms with Gasteiger partial charge in [0.25, 0.3) is 5.82 Å². The number of rotatable bonds is 35. The zero-order valence-electron chi connectivity index (χ0n) is 30.3. The van der Waals surface area contributed by atoms with Gasteiger partial charge in [0.2, 0.25) is 0 Å². The second kappa shape index (κ2) is 32.6. The Hall–Kier alpha value is -0.790. The van der Waals surface area contributed by atoms with Crippen LogP contribution in [0.15, 0.2) is 12.4 Å². The summed E-state index contributed by atoms with van der Waals surface area (Å²) in [5.41, 5.74) is 0. The molecule has 0 radical (unpaired) electrons. The molecule has 0 aromatic carbocycles. The second-order valence-corrected chi connectivity index (χ2v) is 14.1. The van der Waals surface area contributed by atoms with Crippen LogP contribution in [0.4, 0.5) is 0 Å². The number of hydrogen-bond acceptors (Lipinski definition) is 0. The molecule has 0 saturated heterocycles. The highest BCUT2D eigenvalue weighted by Crippen LogP contribution is 2.15. The van der Waals surface area contributed by atoms with Crippen molar-refractivity contribution < 1.29 is 4.57 Å². The van der Waals surface area contributed by atoms with Crippen LogP contribution in [0.3, 0.4) is 0 Å². The Kier molecular flexibility index (Phi) is 30.5. The monoisotopic (exact) mass is 602 g/mol. The molecule has 43 heavy (non-hydrogen) atoms. The smallest absolute Gasteiger partial charge is 0.234 e. The zero-order valence-corrected chi connectivity index (χ0v) is 30.3. The first-order valence-corrected chi connectivity index (χ1v) is 20.4. The molecule has 1 heterocycles. The van der Waals surface area contributed by atoms with Crippen LogP contribution in [0.5, 0.6) is 0 Å². The van der Waals surface area contributed by atoms with E-state index in [2.05, 4.69) is 42.3 Å². The number of imidazole rings is 1. The Bertz CT molecular complexity index is 663. The average molecular weight is 602 g/mol. The highest BCUT2D eigenvalue weighted by atomic mass is 15.1. The maximum Gasteiger partial charge on any atom is 0.256 e. The lowest BCUT2D eigenvalue weighted by Gasteiger charge is -2.07. The number of hydrogen-bond donors (Lipinski definition) is 0. The van der Waals surface area contributed by atoms with Gasteiger partial charge in [-0.2, -0.15) is 0 Å². The Morgan fingerprint density at radius 3 is 1.12 bits per heavy atom. The van der Waals surface area contributed by atoms with E-state index in [0.29, 0.717) is 0 Å². The first kappa shape index (κ1) is 40.2. The van der Waals surface area contributed by atoms with Crippen molar-refractivity contribution in [3.8, 4) is 0 Å². The molecule has 0 saturated carbocycles. The van der Waals surface area contributed by atoms with Gasteiger partial charge in [-0.25, -0.2) is 9.13 Å². The molecule has 1 aromatic rings. The summed E-state index contributed by atoms with van der Waals surface area (Å²) < 4.78 is 5.28. The van der Waals surface area contributed by atoms with Gasteiger partial charge < -0.3 is 0 Å². The molecule has 1 aromatic heterocycles. The van der Waals surface area contributed by atoms with Crippen molar-refractivity contribution in [2.24, 2.45) is 0 Å². The van der Waals surface area contributed by atoms with Gasteiger partial charge in [0.1, 0.15) is 12.4 Å². The fourth-order valence-corrected chi connectivity index (χ4v) is 6.86. The van der Waals surface area contributed by atoms with Crippen LogP contribution in [-0.2, 0) is 19.5 Å². The predicted octanol–water partition coefficient (Wildman–Crippen LogP) is 13.9. The lowest BCUT2D eigenvalue weighted by molar-refractivity contribution is -0.704. The third-order valence-electron chi connectivity index (χ3n) is 9.85. The summed E-state index contributed by atoms with van der Waals surface area (Å²) in [6, 6.07) is 0. The van der Waals surface area contributed by atoms with Gasteiger partial charge >= 0.3 is 0 Å². The highest BCUT2D eigenvalue weighted by Gasteiger charge is 2.16. The Labute approximate surface area is 272 Å². The minimum atomic E-state index is 1.23. The summed E-state index contributed by atoms with van der Waals surface area (Å²) in [6.45, 7) is 9.40. The van der Waals surface area contributed by atoms with Crippen LogP contribution in [0.1, 0.15) is 232 Å². The molecule has 0 aliphatic heterocycles. The topological polar surface area (TPSA) is 8.81 Å². The first-order chi connectivity index (χ1) is 21.3. The molecule has 2 heteroatoms. The number of aromatic nitrogens is 2. The van der Waals surface area contributed by atoms with Crippen molar-refractivity contribution in [2.45, 2.75) is 246 Å². The number of unbranched alkanes of at least 4 members (excludes halogenated alkanes) is 29. The third-order valence-corrected chi connectivity index (χ3v) is 9.85. The molecular weight excluding hydrogens is 520 g/mol. The summed E-state index contributed by atoms with van der Waals surface area (Å²) in [7, 11) is 0. The van der Waals surface area contributed by atoms with E-state index in [1.807, 2.05) is 0 Å². The molecule has 0 amide bonds. The van der Waals surface area contributed by atoms with Crippen molar-refractivity contribution in [1.82, 2.24) is 4.57 Å². The fraction of sp³-hybridized carbons (Fsp3) is 0.927. The van der Waals surface area contributed by atoms with Crippen LogP contribution in [0.2, 0.25) is 0 Å². The van der Waals surface area contributed by atoms with Gasteiger partial charge in [-0.3, -0.25) is 0 Å². The summed E-state index contributed by atoms with van der Waals surface area (Å²) in [5, 5.41) is 0. The maximum atomic E-state index is 2.64. The Morgan fingerprint density at radius 1 is 0.395 bits per heavy atom. The SMILES string of the molecule is CCCCCCCCCCCCCCn1cc[n+](CCCCCCCCCCCC)c1CCCCCCCCCCCC. The third kappa shape index (κ3) is 25.1. The lowest BCUT2D eigenvalue weighted by Crippen LogP contribution is -2.37. The van der Waals surface area contributed by atoms with Gasteiger partial charge in [0.05, 0.1) is 13.1 Å². The summed E-state index contributed by atoms with van der Waals surface area (Å²) in [6.07, 6.45) is 51.9. The van der Waals surface area contributed by atoms with Gasteiger partial charge in [0.15, 0.2) is 0 Å². The van der Waals surface area contributed by atoms with Crippen LogP contribution < -0.4 is 4.57 Å². The number of aryl methyl sites for hydroxylation is 2. The normalized spacial score (nSPS) is 11.6. The largest absolute Gasteiger partial charge is 0.256 e. The predicted molar refractivity (Wildman–Crippen MR) is 193 cm³/mol. The van der Waals surface area contributed by atoms with Gasteiger partial charge in [-0.15, -0.1) is 0 Å². The van der Waals surface area contributed by atoms with E-state index in [9.17, 15) is 0 Å². The fourth-order valence-electron chi connectivity index (χ4n) is 6.86. The van der Waals surface area contributed by atoms with E-state index in [0.717, 1.165) is 0 Å². The second-order valence-electron chi connectivity index (χ2n) is 14.1. The highest BCUT2D eigenvalue weighted by molar-refractivity contribution is 4.84. The van der Waals surface area contributed by atoms with E-state index in [1.165, 1.54) is 225 Å². The molecule has 254 valence electrons. The minimum absolute atomic E-state index is 1.23. The van der Waals surface area contributed by atoms with Crippen LogP contribution in [0.25, 0.3) is 0 Å². The van der Waals surface area contributed by atoms with Crippen molar-refractivity contribution in [3.63, 3.8) is 0 Å². The maximum absolute atomic E-state index is 2.64. The minimum Gasteiger partial charge on any atom is -0.234 e. The molecule has 0 aliphatic carbocycles. The van der Waals surface area contributed by atoms with Crippen LogP contribution in [0, 0.1) is 0 Å². The first-order valence-electron chi connectivity index (χ1n) is 20.4. The molecule has 0 spiro atoms. The van der Waals surface area contributed by atoms with Crippen molar-refractivity contribution >= 4 is 0 Å². The molecule has 0 atom stereocenters. The summed E-state index contributed by atoms with van der Waals surface area (Å²) in [4.78, 5) is 0.